The van der Waals surface area contributed by atoms with Gasteiger partial charge in [-0.15, -0.1) is 13.2 Å². The number of amides is 1. The topological polar surface area (TPSA) is 104 Å². The van der Waals surface area contributed by atoms with Gasteiger partial charge in [0.25, 0.3) is 5.91 Å². The number of carbonyl (C=O) groups excluding carboxylic acids is 1. The van der Waals surface area contributed by atoms with Crippen LogP contribution in [-0.4, -0.2) is 68.4 Å². The number of ether oxygens (including phenoxy) is 4. The first kappa shape index (κ1) is 30.5. The number of anilines is 2. The predicted octanol–water partition coefficient (Wildman–Crippen LogP) is 5.39. The van der Waals surface area contributed by atoms with E-state index in [4.69, 9.17) is 14.2 Å². The van der Waals surface area contributed by atoms with Crippen molar-refractivity contribution < 1.29 is 36.9 Å². The minimum Gasteiger partial charge on any atom is -0.406 e. The average molecular weight is 599 g/mol. The van der Waals surface area contributed by atoms with Crippen LogP contribution < -0.4 is 15.4 Å². The summed E-state index contributed by atoms with van der Waals surface area (Å²) in [5.74, 6) is 2.07. The summed E-state index contributed by atoms with van der Waals surface area (Å²) >= 11 is 0. The quantitative estimate of drug-likeness (QED) is 0.167. The van der Waals surface area contributed by atoms with Crippen LogP contribution in [-0.2, 0) is 14.2 Å². The van der Waals surface area contributed by atoms with Crippen LogP contribution in [0.3, 0.4) is 0 Å². The van der Waals surface area contributed by atoms with Gasteiger partial charge in [0.15, 0.2) is 0 Å². The van der Waals surface area contributed by atoms with Crippen LogP contribution >= 0.6 is 0 Å². The van der Waals surface area contributed by atoms with Crippen molar-refractivity contribution in [3.63, 3.8) is 0 Å². The summed E-state index contributed by atoms with van der Waals surface area (Å²) in [6, 6.07) is 13.9. The van der Waals surface area contributed by atoms with E-state index in [0.717, 1.165) is 18.4 Å². The number of hydrogen-bond donors (Lipinski definition) is 2. The highest BCUT2D eigenvalue weighted by atomic mass is 19.4. The summed E-state index contributed by atoms with van der Waals surface area (Å²) < 4.78 is 57.8. The minimum atomic E-state index is -4.76. The Hall–Kier alpha value is -4.00. The number of hydrogen-bond acceptors (Lipinski definition) is 8. The van der Waals surface area contributed by atoms with E-state index in [1.165, 1.54) is 37.0 Å². The molecule has 0 saturated heterocycles. The Bertz CT molecular complexity index is 1390. The maximum atomic E-state index is 12.7. The lowest BCUT2D eigenvalue weighted by Crippen LogP contribution is -2.42. The number of benzene rings is 2. The molecule has 2 unspecified atom stereocenters. The monoisotopic (exact) mass is 598 g/mol. The van der Waals surface area contributed by atoms with Crippen molar-refractivity contribution in [1.82, 2.24) is 15.3 Å². The fraction of sp³-hybridized carbons (Fsp3) is 0.387. The van der Waals surface area contributed by atoms with E-state index in [2.05, 4.69) is 37.5 Å². The van der Waals surface area contributed by atoms with E-state index in [1.54, 1.807) is 24.3 Å². The van der Waals surface area contributed by atoms with Gasteiger partial charge in [-0.2, -0.15) is 0 Å². The predicted molar refractivity (Wildman–Crippen MR) is 153 cm³/mol. The van der Waals surface area contributed by atoms with Crippen molar-refractivity contribution in [2.24, 2.45) is 17.8 Å². The largest absolute Gasteiger partial charge is 0.573 e. The Balaban J connectivity index is 0.984. The van der Waals surface area contributed by atoms with Crippen molar-refractivity contribution in [1.29, 1.82) is 0 Å². The first-order valence-electron chi connectivity index (χ1n) is 14.1. The molecule has 2 aromatic carbocycles. The van der Waals surface area contributed by atoms with Crippen molar-refractivity contribution in [2.45, 2.75) is 12.8 Å². The van der Waals surface area contributed by atoms with E-state index in [-0.39, 0.29) is 11.7 Å². The lowest BCUT2D eigenvalue weighted by Gasteiger charge is -2.47. The zero-order valence-electron chi connectivity index (χ0n) is 23.4. The second-order valence-electron chi connectivity index (χ2n) is 10.2. The van der Waals surface area contributed by atoms with E-state index < -0.39 is 6.36 Å². The Morgan fingerprint density at radius 1 is 0.907 bits per heavy atom. The second-order valence-corrected chi connectivity index (χ2v) is 10.2. The van der Waals surface area contributed by atoms with Crippen molar-refractivity contribution in [2.75, 3.05) is 51.5 Å². The van der Waals surface area contributed by atoms with Gasteiger partial charge in [0, 0.05) is 29.4 Å². The highest BCUT2D eigenvalue weighted by molar-refractivity contribution is 5.95. The van der Waals surface area contributed by atoms with Crippen LogP contribution in [0.1, 0.15) is 16.8 Å². The first-order valence-corrected chi connectivity index (χ1v) is 14.1. The number of halogens is 3. The summed E-state index contributed by atoms with van der Waals surface area (Å²) in [5, 5.41) is 5.85. The van der Waals surface area contributed by atoms with Crippen molar-refractivity contribution in [3.05, 3.63) is 78.6 Å². The van der Waals surface area contributed by atoms with Gasteiger partial charge in [-0.05, 0) is 60.6 Å². The molecule has 228 valence electrons. The molecule has 0 aliphatic heterocycles. The van der Waals surface area contributed by atoms with Gasteiger partial charge in [-0.3, -0.25) is 4.79 Å². The third kappa shape index (κ3) is 8.99. The number of nitrogens with zero attached hydrogens (tertiary/aromatic N) is 2. The standard InChI is InChI=1S/C31H33F3N4O5/c32-31(33,34)43-26-7-5-25(6-8-26)38-29-18-28(36-20-37-29)22-2-1-3-23(17-22)30(39)35-10-11-40-12-13-41-14-15-42-19-24-16-21-4-9-27(21)24/h1-9,17-18,20-21,24,27H,10-16,19H2,(H,35,39)(H,36,37,38)/t21?,24?,27-/m1/s1. The number of aromatic nitrogens is 2. The molecule has 0 radical (unpaired) electrons. The smallest absolute Gasteiger partial charge is 0.406 e. The summed E-state index contributed by atoms with van der Waals surface area (Å²) in [5.41, 5.74) is 2.23. The van der Waals surface area contributed by atoms with E-state index in [9.17, 15) is 18.0 Å². The number of alkyl halides is 3. The molecule has 9 nitrogen and oxygen atoms in total. The van der Waals surface area contributed by atoms with Gasteiger partial charge in [0.2, 0.25) is 0 Å². The number of carbonyl (C=O) groups is 1. The molecule has 5 rings (SSSR count). The van der Waals surface area contributed by atoms with E-state index in [0.29, 0.717) is 73.8 Å². The first-order chi connectivity index (χ1) is 20.8. The SMILES string of the molecule is O=C(NCCOCCOCCOCC1CC2C=C[C@H]21)c1cccc(-c2cc(Nc3ccc(OC(F)(F)F)cc3)ncn2)c1. The lowest BCUT2D eigenvalue weighted by molar-refractivity contribution is -0.274. The van der Waals surface area contributed by atoms with Crippen LogP contribution in [0.15, 0.2) is 73.1 Å². The highest BCUT2D eigenvalue weighted by Gasteiger charge is 2.42. The molecule has 2 aliphatic carbocycles. The molecular formula is C31H33F3N4O5. The Morgan fingerprint density at radius 3 is 2.37 bits per heavy atom. The molecule has 12 heteroatoms. The molecule has 2 aliphatic rings. The maximum Gasteiger partial charge on any atom is 0.573 e. The molecule has 0 spiro atoms. The fourth-order valence-electron chi connectivity index (χ4n) is 4.93. The lowest BCUT2D eigenvalue weighted by atomic mass is 9.59. The normalized spacial score (nSPS) is 18.7. The number of nitrogens with one attached hydrogen (secondary N) is 2. The van der Waals surface area contributed by atoms with Crippen LogP contribution in [0, 0.1) is 17.8 Å². The molecule has 0 bridgehead atoms. The number of allylic oxidation sites excluding steroid dienone is 2. The minimum absolute atomic E-state index is 0.248. The van der Waals surface area contributed by atoms with Crippen LogP contribution in [0.2, 0.25) is 0 Å². The van der Waals surface area contributed by atoms with Gasteiger partial charge in [-0.1, -0.05) is 24.3 Å². The average Bonchev–Trinajstić information content (AvgIpc) is 2.98. The van der Waals surface area contributed by atoms with E-state index >= 15 is 0 Å². The number of fused-ring (bicyclic) bond motifs is 1. The third-order valence-electron chi connectivity index (χ3n) is 7.25. The molecular weight excluding hydrogens is 565 g/mol. The summed E-state index contributed by atoms with van der Waals surface area (Å²) in [7, 11) is 0. The zero-order valence-corrected chi connectivity index (χ0v) is 23.4. The maximum absolute atomic E-state index is 12.7. The third-order valence-corrected chi connectivity index (χ3v) is 7.25. The molecule has 1 saturated carbocycles. The van der Waals surface area contributed by atoms with Crippen molar-refractivity contribution >= 4 is 17.4 Å². The van der Waals surface area contributed by atoms with Gasteiger partial charge >= 0.3 is 6.36 Å². The summed E-state index contributed by atoms with van der Waals surface area (Å²) in [6.07, 6.45) is 2.40. The van der Waals surface area contributed by atoms with Gasteiger partial charge < -0.3 is 29.6 Å². The van der Waals surface area contributed by atoms with E-state index in [1.807, 2.05) is 6.07 Å². The van der Waals surface area contributed by atoms with Crippen LogP contribution in [0.4, 0.5) is 24.7 Å². The van der Waals surface area contributed by atoms with Gasteiger partial charge in [0.05, 0.1) is 45.3 Å². The van der Waals surface area contributed by atoms with Crippen LogP contribution in [0.25, 0.3) is 11.3 Å². The second kappa shape index (κ2) is 14.5. The fourth-order valence-corrected chi connectivity index (χ4v) is 4.93. The summed E-state index contributed by atoms with van der Waals surface area (Å²) in [4.78, 5) is 21.1. The molecule has 1 aromatic heterocycles. The molecule has 2 N–H and O–H groups in total. The van der Waals surface area contributed by atoms with Gasteiger partial charge in [-0.25, -0.2) is 9.97 Å². The number of rotatable bonds is 16. The Labute approximate surface area is 247 Å². The molecule has 1 fully saturated rings. The Morgan fingerprint density at radius 2 is 1.67 bits per heavy atom. The summed E-state index contributed by atoms with van der Waals surface area (Å²) in [6.45, 7) is 3.51. The molecule has 1 amide bonds. The molecule has 43 heavy (non-hydrogen) atoms. The Kier molecular flexibility index (Phi) is 10.2. The molecule has 3 atom stereocenters. The highest BCUT2D eigenvalue weighted by Crippen LogP contribution is 2.48. The van der Waals surface area contributed by atoms with Crippen LogP contribution in [0.5, 0.6) is 5.75 Å². The van der Waals surface area contributed by atoms with Gasteiger partial charge in [0.1, 0.15) is 17.9 Å². The molecule has 1 heterocycles. The zero-order chi connectivity index (χ0) is 30.1. The molecule has 3 aromatic rings. The van der Waals surface area contributed by atoms with Crippen molar-refractivity contribution in [3.8, 4) is 17.0 Å².